The van der Waals surface area contributed by atoms with Crippen LogP contribution in [0, 0.1) is 35.8 Å². The summed E-state index contributed by atoms with van der Waals surface area (Å²) in [5, 5.41) is 21.8. The Labute approximate surface area is 260 Å². The lowest BCUT2D eigenvalue weighted by atomic mass is 9.94. The van der Waals surface area contributed by atoms with Gasteiger partial charge >= 0.3 is 0 Å². The molecule has 1 heterocycles. The van der Waals surface area contributed by atoms with Gasteiger partial charge in [-0.2, -0.15) is 10.5 Å². The Morgan fingerprint density at radius 2 is 1.02 bits per heavy atom. The van der Waals surface area contributed by atoms with Crippen LogP contribution >= 0.6 is 0 Å². The molecule has 0 aliphatic rings. The third-order valence-electron chi connectivity index (χ3n) is 8.12. The molecule has 0 amide bonds. The van der Waals surface area contributed by atoms with Gasteiger partial charge in [-0.3, -0.25) is 0 Å². The fourth-order valence-corrected chi connectivity index (χ4v) is 6.12. The number of rotatable bonds is 4. The van der Waals surface area contributed by atoms with Crippen LogP contribution in [0.2, 0.25) is 0 Å². The van der Waals surface area contributed by atoms with Crippen LogP contribution < -0.4 is 0 Å². The lowest BCUT2D eigenvalue weighted by Crippen LogP contribution is -1.96. The third-order valence-corrected chi connectivity index (χ3v) is 8.12. The van der Waals surface area contributed by atoms with Gasteiger partial charge in [0.15, 0.2) is 11.4 Å². The van der Waals surface area contributed by atoms with Crippen LogP contribution in [-0.4, -0.2) is 4.57 Å². The zero-order chi connectivity index (χ0) is 30.9. The van der Waals surface area contributed by atoms with Gasteiger partial charge in [0.2, 0.25) is 0 Å². The SMILES string of the molecule is [C-]#[N+]c1cccc([N+]#[C-])c1-c1ccc2c3ccc(-c4c(C#N)cccc4C#N)cc3n(-c3cccc(-c4ccccc4)c3)c2c1. The number of nitriles is 2. The highest BCUT2D eigenvalue weighted by molar-refractivity contribution is 6.12. The first-order valence-electron chi connectivity index (χ1n) is 14.2. The number of fused-ring (bicyclic) bond motifs is 3. The van der Waals surface area contributed by atoms with Crippen molar-refractivity contribution in [2.45, 2.75) is 0 Å². The van der Waals surface area contributed by atoms with Crippen molar-refractivity contribution in [3.8, 4) is 51.2 Å². The number of benzene rings is 6. The van der Waals surface area contributed by atoms with Gasteiger partial charge in [-0.25, -0.2) is 9.69 Å². The Morgan fingerprint density at radius 3 is 1.60 bits per heavy atom. The zero-order valence-electron chi connectivity index (χ0n) is 23.9. The second kappa shape index (κ2) is 11.1. The molecule has 0 saturated heterocycles. The first-order valence-corrected chi connectivity index (χ1v) is 14.2. The Balaban J connectivity index is 1.57. The van der Waals surface area contributed by atoms with E-state index in [4.69, 9.17) is 13.1 Å². The number of hydrogen-bond acceptors (Lipinski definition) is 2. The Bertz CT molecular complexity index is 2280. The third kappa shape index (κ3) is 4.47. The van der Waals surface area contributed by atoms with Crippen molar-refractivity contribution < 1.29 is 0 Å². The van der Waals surface area contributed by atoms with Crippen LogP contribution in [0.1, 0.15) is 11.1 Å². The lowest BCUT2D eigenvalue weighted by molar-refractivity contribution is 1.18. The van der Waals surface area contributed by atoms with E-state index < -0.39 is 0 Å². The maximum absolute atomic E-state index is 9.92. The van der Waals surface area contributed by atoms with E-state index >= 15 is 0 Å². The average molecular weight is 572 g/mol. The summed E-state index contributed by atoms with van der Waals surface area (Å²) in [6.07, 6.45) is 0. The first kappa shape index (κ1) is 26.9. The van der Waals surface area contributed by atoms with Crippen LogP contribution in [0.15, 0.2) is 127 Å². The fraction of sp³-hybridized carbons (Fsp3) is 0. The van der Waals surface area contributed by atoms with Crippen LogP contribution in [-0.2, 0) is 0 Å². The van der Waals surface area contributed by atoms with Gasteiger partial charge in [0.05, 0.1) is 47.4 Å². The van der Waals surface area contributed by atoms with E-state index in [1.54, 1.807) is 36.4 Å². The van der Waals surface area contributed by atoms with Gasteiger partial charge in [-0.1, -0.05) is 91.0 Å². The van der Waals surface area contributed by atoms with Crippen molar-refractivity contribution in [3.63, 3.8) is 0 Å². The first-order chi connectivity index (χ1) is 22.1. The van der Waals surface area contributed by atoms with E-state index in [2.05, 4.69) is 56.7 Å². The van der Waals surface area contributed by atoms with Gasteiger partial charge in [-0.05, 0) is 64.2 Å². The molecule has 0 radical (unpaired) electrons. The molecule has 0 unspecified atom stereocenters. The summed E-state index contributed by atoms with van der Waals surface area (Å²) >= 11 is 0. The smallest absolute Gasteiger partial charge is 0.184 e. The fourth-order valence-electron chi connectivity index (χ4n) is 6.12. The van der Waals surface area contributed by atoms with Crippen molar-refractivity contribution in [2.24, 2.45) is 0 Å². The number of aromatic nitrogens is 1. The summed E-state index contributed by atoms with van der Waals surface area (Å²) in [5.74, 6) is 0. The molecule has 7 rings (SSSR count). The second-order valence-electron chi connectivity index (χ2n) is 10.6. The molecule has 45 heavy (non-hydrogen) atoms. The maximum atomic E-state index is 9.92. The summed E-state index contributed by atoms with van der Waals surface area (Å²) in [4.78, 5) is 7.46. The van der Waals surface area contributed by atoms with Crippen molar-refractivity contribution in [1.82, 2.24) is 4.57 Å². The molecule has 0 N–H and O–H groups in total. The molecular weight excluding hydrogens is 550 g/mol. The summed E-state index contributed by atoms with van der Waals surface area (Å²) in [6, 6.07) is 45.6. The second-order valence-corrected chi connectivity index (χ2v) is 10.6. The molecule has 5 heteroatoms. The quantitative estimate of drug-likeness (QED) is 0.197. The molecule has 0 fully saturated rings. The highest BCUT2D eigenvalue weighted by Crippen LogP contribution is 2.43. The van der Waals surface area contributed by atoms with Gasteiger partial charge in [0.25, 0.3) is 0 Å². The Morgan fingerprint density at radius 1 is 0.489 bits per heavy atom. The van der Waals surface area contributed by atoms with Crippen molar-refractivity contribution in [2.75, 3.05) is 0 Å². The summed E-state index contributed by atoms with van der Waals surface area (Å²) in [5.41, 5.74) is 9.41. The van der Waals surface area contributed by atoms with E-state index in [0.29, 0.717) is 33.6 Å². The molecule has 0 aliphatic carbocycles. The minimum Gasteiger partial charge on any atom is -0.309 e. The van der Waals surface area contributed by atoms with Crippen molar-refractivity contribution >= 4 is 33.2 Å². The van der Waals surface area contributed by atoms with Crippen molar-refractivity contribution in [1.29, 1.82) is 10.5 Å². The molecule has 6 aromatic carbocycles. The van der Waals surface area contributed by atoms with E-state index in [-0.39, 0.29) is 0 Å². The molecular formula is C40H21N5. The van der Waals surface area contributed by atoms with Crippen molar-refractivity contribution in [3.05, 3.63) is 161 Å². The van der Waals surface area contributed by atoms with Gasteiger partial charge < -0.3 is 4.57 Å². The topological polar surface area (TPSA) is 61.2 Å². The predicted molar refractivity (Wildman–Crippen MR) is 179 cm³/mol. The lowest BCUT2D eigenvalue weighted by Gasteiger charge is -2.13. The van der Waals surface area contributed by atoms with Gasteiger partial charge in [0.1, 0.15) is 0 Å². The largest absolute Gasteiger partial charge is 0.309 e. The molecule has 0 saturated carbocycles. The Kier molecular flexibility index (Phi) is 6.62. The van der Waals surface area contributed by atoms with E-state index in [0.717, 1.165) is 49.7 Å². The van der Waals surface area contributed by atoms with E-state index in [1.807, 2.05) is 60.7 Å². The minimum absolute atomic E-state index is 0.427. The summed E-state index contributed by atoms with van der Waals surface area (Å²) in [7, 11) is 0. The van der Waals surface area contributed by atoms with E-state index in [9.17, 15) is 10.5 Å². The van der Waals surface area contributed by atoms with Gasteiger partial charge in [-0.15, -0.1) is 0 Å². The molecule has 0 atom stereocenters. The highest BCUT2D eigenvalue weighted by Gasteiger charge is 2.19. The molecule has 0 spiro atoms. The monoisotopic (exact) mass is 571 g/mol. The molecule has 206 valence electrons. The number of hydrogen-bond donors (Lipinski definition) is 0. The Hall–Kier alpha value is -6.92. The highest BCUT2D eigenvalue weighted by atomic mass is 15.0. The molecule has 0 bridgehead atoms. The van der Waals surface area contributed by atoms with Gasteiger partial charge in [0, 0.05) is 22.0 Å². The minimum atomic E-state index is 0.427. The van der Waals surface area contributed by atoms with Crippen LogP contribution in [0.25, 0.3) is 70.6 Å². The molecule has 1 aromatic heterocycles. The molecule has 5 nitrogen and oxygen atoms in total. The standard InChI is InChI=1S/C40H21N5/c1-43-35-15-8-16-36(44-2)40(35)29-18-20-34-33-19-17-28(39-30(24-41)12-6-13-31(39)25-42)22-37(33)45(38(34)23-29)32-14-7-11-27(21-32)26-9-4-3-5-10-26/h3-23H. The van der Waals surface area contributed by atoms with Crippen LogP contribution in [0.5, 0.6) is 0 Å². The predicted octanol–water partition coefficient (Wildman–Crippen LogP) is 10.6. The maximum Gasteiger partial charge on any atom is 0.184 e. The normalized spacial score (nSPS) is 10.6. The average Bonchev–Trinajstić information content (AvgIpc) is 3.44. The van der Waals surface area contributed by atoms with Crippen LogP contribution in [0.4, 0.5) is 11.4 Å². The summed E-state index contributed by atoms with van der Waals surface area (Å²) in [6.45, 7) is 15.6. The number of nitrogens with zero attached hydrogens (tertiary/aromatic N) is 5. The molecule has 7 aromatic rings. The zero-order valence-corrected chi connectivity index (χ0v) is 23.9. The van der Waals surface area contributed by atoms with E-state index in [1.165, 1.54) is 0 Å². The summed E-state index contributed by atoms with van der Waals surface area (Å²) < 4.78 is 2.18. The van der Waals surface area contributed by atoms with Crippen LogP contribution in [0.3, 0.4) is 0 Å². The molecule has 0 aliphatic heterocycles.